The fraction of sp³-hybridized carbons (Fsp3) is 0.455. The molecule has 0 aliphatic carbocycles. The number of likely N-dealkylation sites (tertiary alicyclic amines) is 1. The van der Waals surface area contributed by atoms with E-state index in [0.717, 1.165) is 18.9 Å². The van der Waals surface area contributed by atoms with E-state index in [1.54, 1.807) is 4.90 Å². The Labute approximate surface area is 92.7 Å². The maximum Gasteiger partial charge on any atom is 0.255 e. The molecule has 0 spiro atoms. The second-order valence-corrected chi connectivity index (χ2v) is 3.92. The second kappa shape index (κ2) is 4.57. The number of aliphatic hydroxyl groups is 1. The normalized spacial score (nSPS) is 20.9. The minimum atomic E-state index is -0.602. The molecule has 16 heavy (non-hydrogen) atoms. The van der Waals surface area contributed by atoms with Gasteiger partial charge in [0, 0.05) is 19.3 Å². The number of piperidine rings is 1. The molecule has 1 N–H and O–H groups in total. The summed E-state index contributed by atoms with van der Waals surface area (Å²) in [7, 11) is 0. The van der Waals surface area contributed by atoms with Gasteiger partial charge >= 0.3 is 0 Å². The lowest BCUT2D eigenvalue weighted by Gasteiger charge is -2.30. The third-order valence-corrected chi connectivity index (χ3v) is 2.66. The number of rotatable bonds is 1. The molecule has 0 radical (unpaired) electrons. The third kappa shape index (κ3) is 2.36. The molecule has 1 aliphatic heterocycles. The monoisotopic (exact) mass is 224 g/mol. The number of pyridine rings is 1. The molecule has 2 heterocycles. The van der Waals surface area contributed by atoms with Gasteiger partial charge in [-0.25, -0.2) is 4.98 Å². The number of nitrogens with zero attached hydrogens (tertiary/aromatic N) is 2. The molecule has 0 bridgehead atoms. The maximum atomic E-state index is 12.6. The Kier molecular flexibility index (Phi) is 3.14. The molecule has 1 atom stereocenters. The minimum Gasteiger partial charge on any atom is -0.391 e. The lowest BCUT2D eigenvalue weighted by atomic mass is 10.1. The van der Waals surface area contributed by atoms with Crippen molar-refractivity contribution in [2.75, 3.05) is 13.1 Å². The maximum absolute atomic E-state index is 12.6. The van der Waals surface area contributed by atoms with Crippen molar-refractivity contribution in [3.05, 3.63) is 29.8 Å². The number of carbonyl (C=O) groups is 1. The van der Waals surface area contributed by atoms with Gasteiger partial charge in [-0.3, -0.25) is 4.79 Å². The highest BCUT2D eigenvalue weighted by atomic mass is 19.1. The first-order chi connectivity index (χ1) is 7.66. The summed E-state index contributed by atoms with van der Waals surface area (Å²) in [6.45, 7) is 0.976. The summed E-state index contributed by atoms with van der Waals surface area (Å²) in [5, 5.41) is 9.45. The number of carbonyl (C=O) groups excluding carboxylic acids is 1. The van der Waals surface area contributed by atoms with Gasteiger partial charge in [-0.05, 0) is 25.0 Å². The van der Waals surface area contributed by atoms with E-state index in [0.29, 0.717) is 18.7 Å². The highest BCUT2D eigenvalue weighted by molar-refractivity contribution is 5.93. The van der Waals surface area contributed by atoms with Crippen molar-refractivity contribution >= 4 is 5.91 Å². The van der Waals surface area contributed by atoms with Crippen LogP contribution in [0.5, 0.6) is 0 Å². The smallest absolute Gasteiger partial charge is 0.255 e. The molecule has 86 valence electrons. The molecule has 1 saturated heterocycles. The first-order valence-electron chi connectivity index (χ1n) is 5.26. The van der Waals surface area contributed by atoms with Crippen LogP contribution in [0.2, 0.25) is 0 Å². The number of hydrogen-bond donors (Lipinski definition) is 1. The minimum absolute atomic E-state index is 0.203. The van der Waals surface area contributed by atoms with Crippen LogP contribution < -0.4 is 0 Å². The molecule has 2 rings (SSSR count). The van der Waals surface area contributed by atoms with Gasteiger partial charge in [-0.1, -0.05) is 0 Å². The summed E-state index contributed by atoms with van der Waals surface area (Å²) in [5.74, 6) is -0.804. The van der Waals surface area contributed by atoms with Crippen molar-refractivity contribution in [2.45, 2.75) is 18.9 Å². The first kappa shape index (κ1) is 11.0. The van der Waals surface area contributed by atoms with Gasteiger partial charge in [0.05, 0.1) is 11.7 Å². The van der Waals surface area contributed by atoms with E-state index in [4.69, 9.17) is 0 Å². The average molecular weight is 224 g/mol. The van der Waals surface area contributed by atoms with E-state index < -0.39 is 12.1 Å². The molecule has 0 saturated carbocycles. The fourth-order valence-electron chi connectivity index (χ4n) is 1.82. The lowest BCUT2D eigenvalue weighted by Crippen LogP contribution is -2.42. The largest absolute Gasteiger partial charge is 0.391 e. The van der Waals surface area contributed by atoms with Crippen LogP contribution in [0.1, 0.15) is 23.2 Å². The number of β-amino-alcohol motifs (C(OH)–C–C–N with tert-alkyl or cyclic N) is 1. The first-order valence-corrected chi connectivity index (χ1v) is 5.26. The second-order valence-electron chi connectivity index (χ2n) is 3.92. The molecular formula is C11H13FN2O2. The van der Waals surface area contributed by atoms with E-state index in [2.05, 4.69) is 4.98 Å². The topological polar surface area (TPSA) is 53.4 Å². The van der Waals surface area contributed by atoms with Crippen LogP contribution in [0.15, 0.2) is 18.3 Å². The quantitative estimate of drug-likeness (QED) is 0.718. The van der Waals surface area contributed by atoms with Gasteiger partial charge in [0.25, 0.3) is 5.91 Å². The molecule has 1 aromatic rings. The van der Waals surface area contributed by atoms with Gasteiger partial charge in [0.1, 0.15) is 0 Å². The number of halogens is 1. The molecule has 1 fully saturated rings. The molecule has 1 aliphatic rings. The number of aromatic nitrogens is 1. The van der Waals surface area contributed by atoms with Crippen molar-refractivity contribution < 1.29 is 14.3 Å². The summed E-state index contributed by atoms with van der Waals surface area (Å²) in [6.07, 6.45) is 2.29. The Hall–Kier alpha value is -1.49. The Morgan fingerprint density at radius 1 is 1.56 bits per heavy atom. The van der Waals surface area contributed by atoms with Crippen LogP contribution in [0, 0.1) is 5.95 Å². The van der Waals surface area contributed by atoms with E-state index in [1.807, 2.05) is 0 Å². The predicted octanol–water partition coefficient (Wildman–Crippen LogP) is 0.818. The van der Waals surface area contributed by atoms with Gasteiger partial charge in [0.2, 0.25) is 5.95 Å². The molecule has 5 heteroatoms. The van der Waals surface area contributed by atoms with Crippen molar-refractivity contribution in [3.8, 4) is 0 Å². The molecule has 1 aromatic heterocycles. The number of hydrogen-bond acceptors (Lipinski definition) is 3. The van der Waals surface area contributed by atoms with Crippen molar-refractivity contribution in [2.24, 2.45) is 0 Å². The van der Waals surface area contributed by atoms with Gasteiger partial charge < -0.3 is 10.0 Å². The van der Waals surface area contributed by atoms with Crippen molar-refractivity contribution in [3.63, 3.8) is 0 Å². The predicted molar refractivity (Wildman–Crippen MR) is 55.3 cm³/mol. The Balaban J connectivity index is 2.09. The van der Waals surface area contributed by atoms with E-state index in [1.165, 1.54) is 12.3 Å². The van der Waals surface area contributed by atoms with Crippen molar-refractivity contribution in [1.82, 2.24) is 9.88 Å². The zero-order valence-corrected chi connectivity index (χ0v) is 8.77. The number of amides is 1. The van der Waals surface area contributed by atoms with Gasteiger partial charge in [0.15, 0.2) is 0 Å². The molecule has 4 nitrogen and oxygen atoms in total. The zero-order valence-electron chi connectivity index (χ0n) is 8.77. The Bertz CT molecular complexity index is 380. The summed E-state index contributed by atoms with van der Waals surface area (Å²) >= 11 is 0. The summed E-state index contributed by atoms with van der Waals surface area (Å²) in [4.78, 5) is 16.9. The summed E-state index contributed by atoms with van der Waals surface area (Å²) in [5.41, 5.74) is 0.357. The lowest BCUT2D eigenvalue weighted by molar-refractivity contribution is 0.0473. The van der Waals surface area contributed by atoms with Crippen LogP contribution in [-0.4, -0.2) is 40.1 Å². The average Bonchev–Trinajstić information content (AvgIpc) is 2.29. The van der Waals surface area contributed by atoms with E-state index in [9.17, 15) is 14.3 Å². The van der Waals surface area contributed by atoms with Crippen LogP contribution in [0.3, 0.4) is 0 Å². The Morgan fingerprint density at radius 3 is 3.00 bits per heavy atom. The SMILES string of the molecule is O=C(c1ccc(F)nc1)N1CCC[C@@H](O)C1. The molecule has 0 unspecified atom stereocenters. The Morgan fingerprint density at radius 2 is 2.38 bits per heavy atom. The van der Waals surface area contributed by atoms with E-state index in [-0.39, 0.29) is 5.91 Å². The molecule has 0 aromatic carbocycles. The third-order valence-electron chi connectivity index (χ3n) is 2.66. The highest BCUT2D eigenvalue weighted by Gasteiger charge is 2.23. The van der Waals surface area contributed by atoms with Gasteiger partial charge in [-0.2, -0.15) is 4.39 Å². The van der Waals surface area contributed by atoms with Crippen LogP contribution >= 0.6 is 0 Å². The van der Waals surface area contributed by atoms with Crippen molar-refractivity contribution in [1.29, 1.82) is 0 Å². The van der Waals surface area contributed by atoms with Crippen LogP contribution in [0.4, 0.5) is 4.39 Å². The highest BCUT2D eigenvalue weighted by Crippen LogP contribution is 2.13. The summed E-state index contributed by atoms with van der Waals surface area (Å²) < 4.78 is 12.6. The molecule has 1 amide bonds. The standard InChI is InChI=1S/C11H13FN2O2/c12-10-4-3-8(6-13-10)11(16)14-5-1-2-9(15)7-14/h3-4,6,9,15H,1-2,5,7H2/t9-/m1/s1. The zero-order chi connectivity index (χ0) is 11.5. The summed E-state index contributed by atoms with van der Waals surface area (Å²) in [6, 6.07) is 2.57. The molecular weight excluding hydrogens is 211 g/mol. The van der Waals surface area contributed by atoms with E-state index >= 15 is 0 Å². The van der Waals surface area contributed by atoms with Crippen LogP contribution in [0.25, 0.3) is 0 Å². The number of aliphatic hydroxyl groups excluding tert-OH is 1. The fourth-order valence-corrected chi connectivity index (χ4v) is 1.82. The van der Waals surface area contributed by atoms with Crippen LogP contribution in [-0.2, 0) is 0 Å². The van der Waals surface area contributed by atoms with Gasteiger partial charge in [-0.15, -0.1) is 0 Å².